The number of rotatable bonds is 6. The molecule has 1 aromatic heterocycles. The van der Waals surface area contributed by atoms with E-state index in [1.807, 2.05) is 0 Å². The van der Waals surface area contributed by atoms with Crippen molar-refractivity contribution in [3.8, 4) is 5.69 Å². The van der Waals surface area contributed by atoms with Crippen LogP contribution in [0.4, 0.5) is 19.0 Å². The highest BCUT2D eigenvalue weighted by molar-refractivity contribution is 7.97. The Morgan fingerprint density at radius 3 is 2.64 bits per heavy atom. The molecule has 2 aromatic carbocycles. The number of aromatic nitrogens is 2. The molecule has 28 heavy (non-hydrogen) atoms. The number of nitrogens with zero attached hydrogens (tertiary/aromatic N) is 2. The number of anilines is 1. The summed E-state index contributed by atoms with van der Waals surface area (Å²) < 4.78 is 41.1. The molecule has 0 atom stereocenters. The standard InChI is InChI=1S/C19H19F3N4OS/c1-12-5-2-3-6-15(12)26-16-11-13(19(20,21)22)7-8-14(16)17(25-18(26)27)24-9-4-10-28-23/h2-3,5-8,11H,4,9-10,23H2,1H3,(H,24,25,27). The van der Waals surface area contributed by atoms with Gasteiger partial charge in [0.1, 0.15) is 5.82 Å². The molecule has 0 fully saturated rings. The smallest absolute Gasteiger partial charge is 0.369 e. The summed E-state index contributed by atoms with van der Waals surface area (Å²) >= 11 is 1.20. The van der Waals surface area contributed by atoms with Crippen LogP contribution in [-0.2, 0) is 6.18 Å². The second kappa shape index (κ2) is 8.24. The molecule has 3 N–H and O–H groups in total. The van der Waals surface area contributed by atoms with Crippen molar-refractivity contribution in [3.05, 3.63) is 64.1 Å². The summed E-state index contributed by atoms with van der Waals surface area (Å²) in [5, 5.41) is 8.87. The molecule has 3 rings (SSSR count). The van der Waals surface area contributed by atoms with Gasteiger partial charge in [0.15, 0.2) is 0 Å². The summed E-state index contributed by atoms with van der Waals surface area (Å²) in [5.41, 5.74) is -0.0590. The highest BCUT2D eigenvalue weighted by atomic mass is 32.2. The molecule has 0 spiro atoms. The lowest BCUT2D eigenvalue weighted by molar-refractivity contribution is -0.137. The van der Waals surface area contributed by atoms with Gasteiger partial charge in [0.25, 0.3) is 0 Å². The lowest BCUT2D eigenvalue weighted by atomic mass is 10.1. The zero-order chi connectivity index (χ0) is 20.3. The largest absolute Gasteiger partial charge is 0.416 e. The van der Waals surface area contributed by atoms with Gasteiger partial charge >= 0.3 is 11.9 Å². The summed E-state index contributed by atoms with van der Waals surface area (Å²) in [5.74, 6) is 0.976. The Kier molecular flexibility index (Phi) is 5.95. The summed E-state index contributed by atoms with van der Waals surface area (Å²) in [6.07, 6.45) is -3.79. The van der Waals surface area contributed by atoms with E-state index in [1.54, 1.807) is 31.2 Å². The second-order valence-corrected chi connectivity index (χ2v) is 6.99. The van der Waals surface area contributed by atoms with Gasteiger partial charge in [-0.2, -0.15) is 18.2 Å². The monoisotopic (exact) mass is 408 g/mol. The number of benzene rings is 2. The first-order valence-electron chi connectivity index (χ1n) is 8.58. The Morgan fingerprint density at radius 2 is 1.96 bits per heavy atom. The minimum atomic E-state index is -4.52. The molecular weight excluding hydrogens is 389 g/mol. The van der Waals surface area contributed by atoms with Gasteiger partial charge in [0, 0.05) is 17.7 Å². The second-order valence-electron chi connectivity index (χ2n) is 6.25. The molecule has 0 aliphatic carbocycles. The van der Waals surface area contributed by atoms with Crippen LogP contribution in [-0.4, -0.2) is 21.8 Å². The minimum absolute atomic E-state index is 0.153. The van der Waals surface area contributed by atoms with Crippen molar-refractivity contribution in [2.75, 3.05) is 17.6 Å². The van der Waals surface area contributed by atoms with Crippen LogP contribution in [0.15, 0.2) is 47.3 Å². The predicted octanol–water partition coefficient (Wildman–Crippen LogP) is 4.12. The van der Waals surface area contributed by atoms with Crippen molar-refractivity contribution in [2.24, 2.45) is 5.14 Å². The maximum Gasteiger partial charge on any atom is 0.416 e. The zero-order valence-electron chi connectivity index (χ0n) is 15.1. The third-order valence-electron chi connectivity index (χ3n) is 4.31. The van der Waals surface area contributed by atoms with Crippen LogP contribution >= 0.6 is 11.9 Å². The first-order chi connectivity index (χ1) is 13.3. The Labute approximate surface area is 163 Å². The number of nitrogens with two attached hydrogens (primary N) is 1. The van der Waals surface area contributed by atoms with Crippen molar-refractivity contribution in [2.45, 2.75) is 19.5 Å². The van der Waals surface area contributed by atoms with Crippen molar-refractivity contribution in [3.63, 3.8) is 0 Å². The van der Waals surface area contributed by atoms with Crippen molar-refractivity contribution in [1.82, 2.24) is 9.55 Å². The van der Waals surface area contributed by atoms with Crippen LogP contribution in [0.1, 0.15) is 17.5 Å². The van der Waals surface area contributed by atoms with Gasteiger partial charge in [-0.3, -0.25) is 9.71 Å². The Morgan fingerprint density at radius 1 is 1.21 bits per heavy atom. The molecule has 0 aliphatic rings. The lowest BCUT2D eigenvalue weighted by Gasteiger charge is -2.17. The van der Waals surface area contributed by atoms with Crippen LogP contribution in [0.2, 0.25) is 0 Å². The molecule has 1 heterocycles. The van der Waals surface area contributed by atoms with E-state index in [0.717, 1.165) is 24.1 Å². The van der Waals surface area contributed by atoms with Gasteiger partial charge in [-0.25, -0.2) is 4.79 Å². The fourth-order valence-corrected chi connectivity index (χ4v) is 3.26. The lowest BCUT2D eigenvalue weighted by Crippen LogP contribution is -2.24. The normalized spacial score (nSPS) is 11.8. The van der Waals surface area contributed by atoms with Gasteiger partial charge in [0.2, 0.25) is 0 Å². The molecule has 0 saturated carbocycles. The molecule has 3 aromatic rings. The molecule has 0 amide bonds. The van der Waals surface area contributed by atoms with E-state index in [9.17, 15) is 18.0 Å². The van der Waals surface area contributed by atoms with E-state index in [2.05, 4.69) is 10.3 Å². The maximum absolute atomic E-state index is 13.3. The molecule has 0 saturated heterocycles. The van der Waals surface area contributed by atoms with E-state index < -0.39 is 17.4 Å². The van der Waals surface area contributed by atoms with E-state index in [1.165, 1.54) is 22.6 Å². The molecular formula is C19H19F3N4OS. The fourth-order valence-electron chi connectivity index (χ4n) is 2.95. The van der Waals surface area contributed by atoms with Crippen LogP contribution in [0.3, 0.4) is 0 Å². The number of hydrogen-bond acceptors (Lipinski definition) is 5. The number of para-hydroxylation sites is 1. The minimum Gasteiger partial charge on any atom is -0.369 e. The number of nitrogens with one attached hydrogen (secondary N) is 1. The topological polar surface area (TPSA) is 72.9 Å². The Bertz CT molecular complexity index is 1050. The molecule has 9 heteroatoms. The van der Waals surface area contributed by atoms with Crippen molar-refractivity contribution in [1.29, 1.82) is 0 Å². The first-order valence-corrected chi connectivity index (χ1v) is 9.63. The van der Waals surface area contributed by atoms with Gasteiger partial charge in [0.05, 0.1) is 16.8 Å². The highest BCUT2D eigenvalue weighted by Gasteiger charge is 2.31. The predicted molar refractivity (Wildman–Crippen MR) is 107 cm³/mol. The van der Waals surface area contributed by atoms with Crippen LogP contribution in [0, 0.1) is 6.92 Å². The third-order valence-corrected chi connectivity index (χ3v) is 4.83. The SMILES string of the molecule is Cc1ccccc1-n1c(=O)nc(NCCCSN)c2ccc(C(F)(F)F)cc21. The molecule has 0 radical (unpaired) electrons. The Hall–Kier alpha value is -2.52. The van der Waals surface area contributed by atoms with Gasteiger partial charge in [-0.1, -0.05) is 30.1 Å². The van der Waals surface area contributed by atoms with E-state index >= 15 is 0 Å². The highest BCUT2D eigenvalue weighted by Crippen LogP contribution is 2.33. The first kappa shape index (κ1) is 20.2. The average molecular weight is 408 g/mol. The zero-order valence-corrected chi connectivity index (χ0v) is 15.9. The molecule has 0 unspecified atom stereocenters. The summed E-state index contributed by atoms with van der Waals surface area (Å²) in [7, 11) is 0. The van der Waals surface area contributed by atoms with Gasteiger partial charge in [-0.05, 0) is 43.2 Å². The van der Waals surface area contributed by atoms with Crippen LogP contribution < -0.4 is 16.1 Å². The number of halogens is 3. The molecule has 0 bridgehead atoms. The molecule has 0 aliphatic heterocycles. The number of hydrogen-bond donors (Lipinski definition) is 2. The van der Waals surface area contributed by atoms with Crippen LogP contribution in [0.25, 0.3) is 16.6 Å². The van der Waals surface area contributed by atoms with Crippen molar-refractivity contribution < 1.29 is 13.2 Å². The maximum atomic E-state index is 13.3. The van der Waals surface area contributed by atoms with E-state index in [-0.39, 0.29) is 11.3 Å². The third kappa shape index (κ3) is 4.15. The Balaban J connectivity index is 2.23. The van der Waals surface area contributed by atoms with Crippen molar-refractivity contribution >= 4 is 28.7 Å². The summed E-state index contributed by atoms with van der Waals surface area (Å²) in [4.78, 5) is 16.8. The number of fused-ring (bicyclic) bond motifs is 1. The van der Waals surface area contributed by atoms with Crippen LogP contribution in [0.5, 0.6) is 0 Å². The summed E-state index contributed by atoms with van der Waals surface area (Å²) in [6, 6.07) is 10.3. The van der Waals surface area contributed by atoms with Gasteiger partial charge in [-0.15, -0.1) is 0 Å². The summed E-state index contributed by atoms with van der Waals surface area (Å²) in [6.45, 7) is 2.29. The van der Waals surface area contributed by atoms with E-state index in [4.69, 9.17) is 5.14 Å². The van der Waals surface area contributed by atoms with E-state index in [0.29, 0.717) is 23.4 Å². The molecule has 5 nitrogen and oxygen atoms in total. The molecule has 148 valence electrons. The fraction of sp³-hybridized carbons (Fsp3) is 0.263. The number of alkyl halides is 3. The number of aryl methyl sites for hydroxylation is 1. The van der Waals surface area contributed by atoms with Gasteiger partial charge < -0.3 is 5.32 Å². The average Bonchev–Trinajstić information content (AvgIpc) is 2.65. The quantitative estimate of drug-likeness (QED) is 0.474.